The van der Waals surface area contributed by atoms with Crippen molar-refractivity contribution in [1.29, 1.82) is 0 Å². The Morgan fingerprint density at radius 2 is 2.10 bits per heavy atom. The molecular weight excluding hydrogens is 295 g/mol. The Kier molecular flexibility index (Phi) is 4.22. The minimum atomic E-state index is -0.241. The van der Waals surface area contributed by atoms with Crippen LogP contribution >= 0.6 is 23.4 Å². The first kappa shape index (κ1) is 14.2. The first-order chi connectivity index (χ1) is 9.72. The van der Waals surface area contributed by atoms with Crippen LogP contribution in [0.5, 0.6) is 0 Å². The van der Waals surface area contributed by atoms with Gasteiger partial charge >= 0.3 is 0 Å². The molecule has 20 heavy (non-hydrogen) atoms. The Labute approximate surface area is 127 Å². The number of rotatable bonds is 3. The van der Waals surface area contributed by atoms with Gasteiger partial charge in [0.25, 0.3) is 0 Å². The molecule has 1 heterocycles. The molecule has 1 fully saturated rings. The van der Waals surface area contributed by atoms with Crippen LogP contribution in [0.2, 0.25) is 0 Å². The summed E-state index contributed by atoms with van der Waals surface area (Å²) in [7, 11) is 0. The van der Waals surface area contributed by atoms with Gasteiger partial charge in [0.05, 0.1) is 16.9 Å². The van der Waals surface area contributed by atoms with Gasteiger partial charge in [-0.2, -0.15) is 11.8 Å². The Morgan fingerprint density at radius 1 is 1.35 bits per heavy atom. The van der Waals surface area contributed by atoms with Crippen molar-refractivity contribution in [2.75, 3.05) is 6.26 Å². The van der Waals surface area contributed by atoms with E-state index in [0.29, 0.717) is 17.4 Å². The molecule has 2 nitrogen and oxygen atoms in total. The lowest BCUT2D eigenvalue weighted by molar-refractivity contribution is 0.361. The average molecular weight is 313 g/mol. The molecule has 0 N–H and O–H groups in total. The van der Waals surface area contributed by atoms with E-state index >= 15 is 0 Å². The molecule has 0 unspecified atom stereocenters. The van der Waals surface area contributed by atoms with Gasteiger partial charge in [-0.05, 0) is 44.1 Å². The zero-order valence-electron chi connectivity index (χ0n) is 11.5. The van der Waals surface area contributed by atoms with E-state index in [1.165, 1.54) is 25.0 Å². The van der Waals surface area contributed by atoms with E-state index in [4.69, 9.17) is 11.6 Å². The van der Waals surface area contributed by atoms with Gasteiger partial charge in [0, 0.05) is 17.4 Å². The van der Waals surface area contributed by atoms with Gasteiger partial charge in [-0.25, -0.2) is 9.37 Å². The second-order valence-corrected chi connectivity index (χ2v) is 6.74. The predicted molar refractivity (Wildman–Crippen MR) is 84.1 cm³/mol. The molecule has 0 aliphatic heterocycles. The van der Waals surface area contributed by atoms with E-state index in [2.05, 4.69) is 15.8 Å². The molecule has 0 spiro atoms. The molecule has 108 valence electrons. The Morgan fingerprint density at radius 3 is 2.75 bits per heavy atom. The number of aromatic nitrogens is 2. The van der Waals surface area contributed by atoms with Crippen molar-refractivity contribution >= 4 is 34.4 Å². The zero-order valence-corrected chi connectivity index (χ0v) is 13.1. The molecule has 5 heteroatoms. The van der Waals surface area contributed by atoms with Crippen molar-refractivity contribution in [2.24, 2.45) is 0 Å². The van der Waals surface area contributed by atoms with Crippen LogP contribution in [0.4, 0.5) is 4.39 Å². The fraction of sp³-hybridized carbons (Fsp3) is 0.533. The monoisotopic (exact) mass is 312 g/mol. The van der Waals surface area contributed by atoms with E-state index in [9.17, 15) is 4.39 Å². The SMILES string of the molecule is CSC1CCC(n2c(CCl)nc3cc(F)ccc32)CC1. The van der Waals surface area contributed by atoms with E-state index in [1.54, 1.807) is 0 Å². The second kappa shape index (κ2) is 5.94. The number of nitrogens with zero attached hydrogens (tertiary/aromatic N) is 2. The molecule has 0 bridgehead atoms. The molecule has 1 aromatic carbocycles. The van der Waals surface area contributed by atoms with Gasteiger partial charge in [-0.1, -0.05) is 0 Å². The van der Waals surface area contributed by atoms with Crippen LogP contribution in [0, 0.1) is 5.82 Å². The summed E-state index contributed by atoms with van der Waals surface area (Å²) in [5.41, 5.74) is 1.72. The summed E-state index contributed by atoms with van der Waals surface area (Å²) in [6, 6.07) is 5.28. The van der Waals surface area contributed by atoms with Crippen molar-refractivity contribution in [2.45, 2.75) is 42.9 Å². The largest absolute Gasteiger partial charge is 0.324 e. The number of hydrogen-bond acceptors (Lipinski definition) is 2. The highest BCUT2D eigenvalue weighted by molar-refractivity contribution is 7.99. The molecule has 1 aliphatic rings. The highest BCUT2D eigenvalue weighted by atomic mass is 35.5. The lowest BCUT2D eigenvalue weighted by atomic mass is 9.94. The highest BCUT2D eigenvalue weighted by Gasteiger charge is 2.25. The molecular formula is C15H18ClFN2S. The van der Waals surface area contributed by atoms with Crippen molar-refractivity contribution in [3.05, 3.63) is 29.8 Å². The van der Waals surface area contributed by atoms with Crippen LogP contribution in [-0.2, 0) is 5.88 Å². The summed E-state index contributed by atoms with van der Waals surface area (Å²) in [4.78, 5) is 4.49. The summed E-state index contributed by atoms with van der Waals surface area (Å²) in [5.74, 6) is 0.993. The minimum Gasteiger partial charge on any atom is -0.324 e. The number of thioether (sulfide) groups is 1. The average Bonchev–Trinajstić information content (AvgIpc) is 2.84. The lowest BCUT2D eigenvalue weighted by Gasteiger charge is -2.29. The topological polar surface area (TPSA) is 17.8 Å². The Bertz CT molecular complexity index is 605. The van der Waals surface area contributed by atoms with Gasteiger partial charge in [0.15, 0.2) is 0 Å². The van der Waals surface area contributed by atoms with Crippen molar-refractivity contribution in [1.82, 2.24) is 9.55 Å². The molecule has 0 saturated heterocycles. The number of hydrogen-bond donors (Lipinski definition) is 0. The molecule has 0 atom stereocenters. The number of halogens is 2. The summed E-state index contributed by atoms with van der Waals surface area (Å²) in [6.45, 7) is 0. The van der Waals surface area contributed by atoms with E-state index < -0.39 is 0 Å². The van der Waals surface area contributed by atoms with Crippen LogP contribution in [-0.4, -0.2) is 21.1 Å². The third kappa shape index (κ3) is 2.56. The van der Waals surface area contributed by atoms with Gasteiger partial charge in [0.1, 0.15) is 11.6 Å². The lowest BCUT2D eigenvalue weighted by Crippen LogP contribution is -2.20. The van der Waals surface area contributed by atoms with Crippen LogP contribution in [0.15, 0.2) is 18.2 Å². The van der Waals surface area contributed by atoms with E-state index in [0.717, 1.165) is 29.4 Å². The maximum Gasteiger partial charge on any atom is 0.125 e. The Balaban J connectivity index is 1.97. The predicted octanol–water partition coefficient (Wildman–Crippen LogP) is 4.76. The third-order valence-electron chi connectivity index (χ3n) is 4.19. The van der Waals surface area contributed by atoms with Gasteiger partial charge in [0.2, 0.25) is 0 Å². The first-order valence-corrected chi connectivity index (χ1v) is 8.80. The normalized spacial score (nSPS) is 23.4. The van der Waals surface area contributed by atoms with Crippen LogP contribution in [0.25, 0.3) is 11.0 Å². The number of imidazole rings is 1. The van der Waals surface area contributed by atoms with Crippen LogP contribution < -0.4 is 0 Å². The highest BCUT2D eigenvalue weighted by Crippen LogP contribution is 2.36. The van der Waals surface area contributed by atoms with Gasteiger partial charge < -0.3 is 4.57 Å². The second-order valence-electron chi connectivity index (χ2n) is 5.33. The maximum atomic E-state index is 13.3. The fourth-order valence-corrected chi connectivity index (χ4v) is 4.09. The fourth-order valence-electron chi connectivity index (χ4n) is 3.16. The first-order valence-electron chi connectivity index (χ1n) is 6.98. The van der Waals surface area contributed by atoms with Crippen LogP contribution in [0.3, 0.4) is 0 Å². The number of alkyl halides is 1. The number of benzene rings is 1. The molecule has 0 radical (unpaired) electrons. The molecule has 0 amide bonds. The van der Waals surface area contributed by atoms with Gasteiger partial charge in [-0.3, -0.25) is 0 Å². The summed E-state index contributed by atoms with van der Waals surface area (Å²) in [6.07, 6.45) is 6.95. The molecule has 1 saturated carbocycles. The zero-order chi connectivity index (χ0) is 14.1. The van der Waals surface area contributed by atoms with Crippen molar-refractivity contribution < 1.29 is 4.39 Å². The molecule has 2 aromatic rings. The number of fused-ring (bicyclic) bond motifs is 1. The third-order valence-corrected chi connectivity index (χ3v) is 5.56. The smallest absolute Gasteiger partial charge is 0.125 e. The maximum absolute atomic E-state index is 13.3. The van der Waals surface area contributed by atoms with Gasteiger partial charge in [-0.15, -0.1) is 11.6 Å². The molecule has 3 rings (SSSR count). The van der Waals surface area contributed by atoms with Crippen molar-refractivity contribution in [3.8, 4) is 0 Å². The summed E-state index contributed by atoms with van der Waals surface area (Å²) >= 11 is 8.00. The van der Waals surface area contributed by atoms with E-state index in [-0.39, 0.29) is 5.82 Å². The molecule has 1 aromatic heterocycles. The summed E-state index contributed by atoms with van der Waals surface area (Å²) < 4.78 is 15.6. The minimum absolute atomic E-state index is 0.241. The van der Waals surface area contributed by atoms with Crippen LogP contribution in [0.1, 0.15) is 37.5 Å². The standard InChI is InChI=1S/C15H18ClFN2S/c1-20-12-5-3-11(4-6-12)19-14-7-2-10(17)8-13(14)18-15(19)9-16/h2,7-8,11-12H,3-6,9H2,1H3. The molecule has 1 aliphatic carbocycles. The summed E-state index contributed by atoms with van der Waals surface area (Å²) in [5, 5.41) is 0.776. The van der Waals surface area contributed by atoms with E-state index in [1.807, 2.05) is 17.8 Å². The van der Waals surface area contributed by atoms with Crippen molar-refractivity contribution in [3.63, 3.8) is 0 Å². The Hall–Kier alpha value is -0.740. The quantitative estimate of drug-likeness (QED) is 0.760.